The first-order valence-corrected chi connectivity index (χ1v) is 6.68. The highest BCUT2D eigenvalue weighted by atomic mass is 15.0. The van der Waals surface area contributed by atoms with Crippen LogP contribution in [-0.2, 0) is 0 Å². The van der Waals surface area contributed by atoms with Crippen molar-refractivity contribution in [1.29, 1.82) is 0 Å². The van der Waals surface area contributed by atoms with Gasteiger partial charge in [-0.25, -0.2) is 0 Å². The van der Waals surface area contributed by atoms with E-state index >= 15 is 0 Å². The number of hydrogen-bond acceptors (Lipinski definition) is 2. The molecule has 0 radical (unpaired) electrons. The van der Waals surface area contributed by atoms with Gasteiger partial charge >= 0.3 is 0 Å². The minimum absolute atomic E-state index is 0.290. The number of nitrogens with one attached hydrogen (secondary N) is 1. The summed E-state index contributed by atoms with van der Waals surface area (Å²) in [6, 6.07) is 7.39. The van der Waals surface area contributed by atoms with Crippen LogP contribution in [0.1, 0.15) is 42.4 Å². The zero-order valence-electron chi connectivity index (χ0n) is 11.2. The Morgan fingerprint density at radius 2 is 2.12 bits per heavy atom. The fraction of sp³-hybridized carbons (Fsp3) is 0.600. The lowest BCUT2D eigenvalue weighted by molar-refractivity contribution is 0.314. The minimum atomic E-state index is 0.290. The average molecular weight is 232 g/mol. The number of rotatable bonds is 2. The van der Waals surface area contributed by atoms with Crippen LogP contribution < -0.4 is 11.1 Å². The predicted molar refractivity (Wildman–Crippen MR) is 73.3 cm³/mol. The first-order valence-electron chi connectivity index (χ1n) is 6.68. The molecule has 1 aromatic carbocycles. The van der Waals surface area contributed by atoms with Crippen LogP contribution >= 0.6 is 0 Å². The summed E-state index contributed by atoms with van der Waals surface area (Å²) in [6.07, 6.45) is 2.23. The summed E-state index contributed by atoms with van der Waals surface area (Å²) in [4.78, 5) is 0. The van der Waals surface area contributed by atoms with Crippen LogP contribution in [0.3, 0.4) is 0 Å². The lowest BCUT2D eigenvalue weighted by Gasteiger charge is -2.35. The van der Waals surface area contributed by atoms with Crippen molar-refractivity contribution in [3.8, 4) is 0 Å². The molecule has 1 heterocycles. The summed E-state index contributed by atoms with van der Waals surface area (Å²) in [5, 5.41) is 3.59. The van der Waals surface area contributed by atoms with E-state index in [1.54, 1.807) is 0 Å². The Hall–Kier alpha value is -0.860. The molecule has 0 aromatic heterocycles. The molecule has 2 nitrogen and oxygen atoms in total. The van der Waals surface area contributed by atoms with E-state index in [0.29, 0.717) is 18.0 Å². The molecule has 1 aromatic rings. The first kappa shape index (κ1) is 12.6. The summed E-state index contributed by atoms with van der Waals surface area (Å²) >= 11 is 0. The zero-order valence-corrected chi connectivity index (χ0v) is 11.2. The molecule has 2 rings (SSSR count). The van der Waals surface area contributed by atoms with Crippen molar-refractivity contribution in [1.82, 2.24) is 5.32 Å². The average Bonchev–Trinajstić information content (AvgIpc) is 2.32. The van der Waals surface area contributed by atoms with E-state index in [4.69, 9.17) is 5.73 Å². The molecule has 3 atom stereocenters. The summed E-state index contributed by atoms with van der Waals surface area (Å²) in [7, 11) is 0. The second-order valence-corrected chi connectivity index (χ2v) is 5.31. The van der Waals surface area contributed by atoms with Crippen LogP contribution in [0.15, 0.2) is 18.2 Å². The topological polar surface area (TPSA) is 38.0 Å². The maximum absolute atomic E-state index is 6.24. The standard InChI is InChI=1S/C15H24N2/c1-4-15-14(16)8-12(9-17-15)13-7-5-6-10(2)11(13)3/h5-7,12,14-15,17H,4,8-9,16H2,1-3H3. The predicted octanol–water partition coefficient (Wildman–Crippen LogP) is 2.49. The van der Waals surface area contributed by atoms with Gasteiger partial charge in [0.2, 0.25) is 0 Å². The van der Waals surface area contributed by atoms with Gasteiger partial charge in [0.05, 0.1) is 0 Å². The zero-order chi connectivity index (χ0) is 12.4. The lowest BCUT2D eigenvalue weighted by Crippen LogP contribution is -2.51. The van der Waals surface area contributed by atoms with Crippen LogP contribution in [0.25, 0.3) is 0 Å². The largest absolute Gasteiger partial charge is 0.326 e. The number of nitrogens with two attached hydrogens (primary N) is 1. The molecule has 1 fully saturated rings. The fourth-order valence-electron chi connectivity index (χ4n) is 2.92. The van der Waals surface area contributed by atoms with Gasteiger partial charge in [-0.05, 0) is 49.3 Å². The minimum Gasteiger partial charge on any atom is -0.326 e. The third-order valence-electron chi connectivity index (χ3n) is 4.23. The molecule has 0 bridgehead atoms. The van der Waals surface area contributed by atoms with Gasteiger partial charge < -0.3 is 11.1 Å². The number of piperidine rings is 1. The van der Waals surface area contributed by atoms with Crippen molar-refractivity contribution in [2.24, 2.45) is 5.73 Å². The van der Waals surface area contributed by atoms with Gasteiger partial charge in [0.1, 0.15) is 0 Å². The Bertz CT molecular complexity index is 387. The monoisotopic (exact) mass is 232 g/mol. The van der Waals surface area contributed by atoms with Crippen LogP contribution in [0.2, 0.25) is 0 Å². The molecule has 3 unspecified atom stereocenters. The highest BCUT2D eigenvalue weighted by molar-refractivity contribution is 5.36. The third-order valence-corrected chi connectivity index (χ3v) is 4.23. The Morgan fingerprint density at radius 3 is 2.76 bits per heavy atom. The molecule has 17 heavy (non-hydrogen) atoms. The van der Waals surface area contributed by atoms with Gasteiger partial charge in [-0.3, -0.25) is 0 Å². The van der Waals surface area contributed by atoms with Crippen LogP contribution in [0, 0.1) is 13.8 Å². The Balaban J connectivity index is 2.16. The van der Waals surface area contributed by atoms with Crippen molar-refractivity contribution in [3.05, 3.63) is 34.9 Å². The highest BCUT2D eigenvalue weighted by Crippen LogP contribution is 2.29. The molecule has 1 aliphatic rings. The van der Waals surface area contributed by atoms with Crippen molar-refractivity contribution in [3.63, 3.8) is 0 Å². The summed E-state index contributed by atoms with van der Waals surface area (Å²) in [5.74, 6) is 0.577. The molecule has 3 N–H and O–H groups in total. The molecule has 1 saturated heterocycles. The van der Waals surface area contributed by atoms with Crippen molar-refractivity contribution in [2.45, 2.75) is 51.6 Å². The van der Waals surface area contributed by atoms with Gasteiger partial charge in [-0.15, -0.1) is 0 Å². The van der Waals surface area contributed by atoms with E-state index in [0.717, 1.165) is 19.4 Å². The summed E-state index contributed by atoms with van der Waals surface area (Å²) in [5.41, 5.74) is 10.5. The maximum Gasteiger partial charge on any atom is 0.0216 e. The summed E-state index contributed by atoms with van der Waals surface area (Å²) in [6.45, 7) is 7.68. The quantitative estimate of drug-likeness (QED) is 0.822. The lowest BCUT2D eigenvalue weighted by atomic mass is 9.82. The Morgan fingerprint density at radius 1 is 1.35 bits per heavy atom. The Kier molecular flexibility index (Phi) is 3.85. The van der Waals surface area contributed by atoms with E-state index in [2.05, 4.69) is 44.3 Å². The van der Waals surface area contributed by atoms with E-state index in [9.17, 15) is 0 Å². The van der Waals surface area contributed by atoms with Crippen LogP contribution in [0.4, 0.5) is 0 Å². The second kappa shape index (κ2) is 5.19. The molecular formula is C15H24N2. The van der Waals surface area contributed by atoms with Crippen LogP contribution in [0.5, 0.6) is 0 Å². The van der Waals surface area contributed by atoms with Gasteiger partial charge in [0.25, 0.3) is 0 Å². The molecule has 0 aliphatic carbocycles. The maximum atomic E-state index is 6.24. The number of hydrogen-bond donors (Lipinski definition) is 2. The molecule has 1 aliphatic heterocycles. The van der Waals surface area contributed by atoms with Crippen molar-refractivity contribution >= 4 is 0 Å². The highest BCUT2D eigenvalue weighted by Gasteiger charge is 2.27. The van der Waals surface area contributed by atoms with Gasteiger partial charge in [-0.2, -0.15) is 0 Å². The number of benzene rings is 1. The molecule has 94 valence electrons. The van der Waals surface area contributed by atoms with E-state index in [1.165, 1.54) is 16.7 Å². The molecule has 2 heteroatoms. The molecular weight excluding hydrogens is 208 g/mol. The molecule has 0 amide bonds. The van der Waals surface area contributed by atoms with E-state index in [-0.39, 0.29) is 0 Å². The smallest absolute Gasteiger partial charge is 0.0216 e. The summed E-state index contributed by atoms with van der Waals surface area (Å²) < 4.78 is 0. The van der Waals surface area contributed by atoms with E-state index in [1.807, 2.05) is 0 Å². The van der Waals surface area contributed by atoms with Gasteiger partial charge in [0.15, 0.2) is 0 Å². The number of aryl methyl sites for hydroxylation is 1. The third kappa shape index (κ3) is 2.53. The molecule has 0 saturated carbocycles. The molecule has 0 spiro atoms. The van der Waals surface area contributed by atoms with Gasteiger partial charge in [0, 0.05) is 18.6 Å². The Labute approximate surface area is 105 Å². The van der Waals surface area contributed by atoms with E-state index < -0.39 is 0 Å². The fourth-order valence-corrected chi connectivity index (χ4v) is 2.92. The van der Waals surface area contributed by atoms with Crippen LogP contribution in [-0.4, -0.2) is 18.6 Å². The normalized spacial score (nSPS) is 29.3. The van der Waals surface area contributed by atoms with Crippen molar-refractivity contribution in [2.75, 3.05) is 6.54 Å². The van der Waals surface area contributed by atoms with Gasteiger partial charge in [-0.1, -0.05) is 25.1 Å². The second-order valence-electron chi connectivity index (χ2n) is 5.31. The van der Waals surface area contributed by atoms with Crippen molar-refractivity contribution < 1.29 is 0 Å². The first-order chi connectivity index (χ1) is 8.13. The SMILES string of the molecule is CCC1NCC(c2cccc(C)c2C)CC1N.